The van der Waals surface area contributed by atoms with E-state index in [9.17, 15) is 0 Å². The first kappa shape index (κ1) is 9.16. The van der Waals surface area contributed by atoms with Gasteiger partial charge in [-0.25, -0.2) is 4.98 Å². The van der Waals surface area contributed by atoms with Crippen molar-refractivity contribution >= 4 is 27.3 Å². The molecule has 0 saturated carbocycles. The van der Waals surface area contributed by atoms with Crippen molar-refractivity contribution < 1.29 is 5.11 Å². The maximum atomic E-state index is 8.67. The van der Waals surface area contributed by atoms with Crippen molar-refractivity contribution in [1.29, 1.82) is 0 Å². The van der Waals surface area contributed by atoms with Crippen LogP contribution in [0, 0.1) is 0 Å². The van der Waals surface area contributed by atoms with Gasteiger partial charge < -0.3 is 5.11 Å². The third kappa shape index (κ3) is 2.54. The highest BCUT2D eigenvalue weighted by Gasteiger charge is 2.08. The average Bonchev–Trinajstić information content (AvgIpc) is 2.36. The first-order valence-corrected chi connectivity index (χ1v) is 5.13. The van der Waals surface area contributed by atoms with Crippen LogP contribution in [0.25, 0.3) is 0 Å². The summed E-state index contributed by atoms with van der Waals surface area (Å²) >= 11 is 4.92. The maximum absolute atomic E-state index is 8.67. The lowest BCUT2D eigenvalue weighted by Gasteiger charge is -2.03. The first-order valence-electron chi connectivity index (χ1n) is 3.46. The molecule has 0 radical (unpaired) electrons. The molecule has 1 rings (SSSR count). The van der Waals surface area contributed by atoms with Crippen LogP contribution in [-0.2, 0) is 0 Å². The molecule has 0 aromatic carbocycles. The standard InChI is InChI=1S/C7H10BrNOS/c1-5(2-3-10)7-9-6(8)4-11-7/h4-5,10H,2-3H2,1H3/t5-/m0/s1. The molecular weight excluding hydrogens is 226 g/mol. The van der Waals surface area contributed by atoms with Gasteiger partial charge in [0.1, 0.15) is 4.60 Å². The molecule has 0 amide bonds. The summed E-state index contributed by atoms with van der Waals surface area (Å²) in [5.74, 6) is 0.372. The van der Waals surface area contributed by atoms with Gasteiger partial charge in [-0.15, -0.1) is 11.3 Å². The Morgan fingerprint density at radius 2 is 2.55 bits per heavy atom. The van der Waals surface area contributed by atoms with Gasteiger partial charge in [-0.2, -0.15) is 0 Å². The number of nitrogens with zero attached hydrogens (tertiary/aromatic N) is 1. The average molecular weight is 236 g/mol. The van der Waals surface area contributed by atoms with E-state index in [1.807, 2.05) is 5.38 Å². The van der Waals surface area contributed by atoms with Crippen molar-refractivity contribution in [2.75, 3.05) is 6.61 Å². The lowest BCUT2D eigenvalue weighted by atomic mass is 10.1. The van der Waals surface area contributed by atoms with E-state index >= 15 is 0 Å². The van der Waals surface area contributed by atoms with Gasteiger partial charge >= 0.3 is 0 Å². The SMILES string of the molecule is C[C@@H](CCO)c1nc(Br)cs1. The van der Waals surface area contributed by atoms with Crippen LogP contribution >= 0.6 is 27.3 Å². The first-order chi connectivity index (χ1) is 5.24. The smallest absolute Gasteiger partial charge is 0.117 e. The Hall–Kier alpha value is 0.0700. The van der Waals surface area contributed by atoms with Crippen molar-refractivity contribution in [3.63, 3.8) is 0 Å². The number of hydrogen-bond donors (Lipinski definition) is 1. The Bertz CT molecular complexity index is 226. The van der Waals surface area contributed by atoms with E-state index in [2.05, 4.69) is 27.8 Å². The van der Waals surface area contributed by atoms with Gasteiger partial charge in [0.25, 0.3) is 0 Å². The van der Waals surface area contributed by atoms with Crippen LogP contribution in [0.2, 0.25) is 0 Å². The molecule has 4 heteroatoms. The van der Waals surface area contributed by atoms with Crippen molar-refractivity contribution in [2.24, 2.45) is 0 Å². The summed E-state index contributed by atoms with van der Waals surface area (Å²) in [6.07, 6.45) is 0.792. The van der Waals surface area contributed by atoms with Crippen LogP contribution in [0.4, 0.5) is 0 Å². The molecule has 2 nitrogen and oxygen atoms in total. The molecule has 0 fully saturated rings. The van der Waals surface area contributed by atoms with E-state index in [-0.39, 0.29) is 6.61 Å². The molecule has 0 spiro atoms. The number of halogens is 1. The Kier molecular flexibility index (Phi) is 3.48. The van der Waals surface area contributed by atoms with E-state index in [1.165, 1.54) is 0 Å². The van der Waals surface area contributed by atoms with Gasteiger partial charge in [-0.1, -0.05) is 6.92 Å². The van der Waals surface area contributed by atoms with Crippen LogP contribution in [0.3, 0.4) is 0 Å². The van der Waals surface area contributed by atoms with Gasteiger partial charge in [-0.3, -0.25) is 0 Å². The molecule has 1 aromatic heterocycles. The summed E-state index contributed by atoms with van der Waals surface area (Å²) in [5.41, 5.74) is 0. The fourth-order valence-electron chi connectivity index (χ4n) is 0.810. The second-order valence-corrected chi connectivity index (χ2v) is 4.12. The molecule has 0 saturated heterocycles. The molecule has 1 N–H and O–H groups in total. The monoisotopic (exact) mass is 235 g/mol. The number of aliphatic hydroxyl groups is 1. The second-order valence-electron chi connectivity index (χ2n) is 2.42. The highest BCUT2D eigenvalue weighted by Crippen LogP contribution is 2.24. The maximum Gasteiger partial charge on any atom is 0.117 e. The summed E-state index contributed by atoms with van der Waals surface area (Å²) in [6, 6.07) is 0. The van der Waals surface area contributed by atoms with Gasteiger partial charge in [0.05, 0.1) is 5.01 Å². The van der Waals surface area contributed by atoms with E-state index < -0.39 is 0 Å². The van der Waals surface area contributed by atoms with Crippen LogP contribution in [-0.4, -0.2) is 16.7 Å². The lowest BCUT2D eigenvalue weighted by molar-refractivity contribution is 0.278. The van der Waals surface area contributed by atoms with Crippen molar-refractivity contribution in [2.45, 2.75) is 19.3 Å². The summed E-state index contributed by atoms with van der Waals surface area (Å²) in [6.45, 7) is 2.31. The molecule has 62 valence electrons. The third-order valence-electron chi connectivity index (χ3n) is 1.48. The van der Waals surface area contributed by atoms with E-state index in [1.54, 1.807) is 11.3 Å². The Morgan fingerprint density at radius 1 is 1.82 bits per heavy atom. The summed E-state index contributed by atoms with van der Waals surface area (Å²) in [7, 11) is 0. The molecule has 0 unspecified atom stereocenters. The zero-order valence-electron chi connectivity index (χ0n) is 6.25. The number of aromatic nitrogens is 1. The highest BCUT2D eigenvalue weighted by atomic mass is 79.9. The zero-order chi connectivity index (χ0) is 8.27. The molecule has 1 heterocycles. The second kappa shape index (κ2) is 4.18. The predicted molar refractivity (Wildman–Crippen MR) is 49.9 cm³/mol. The Morgan fingerprint density at radius 3 is 3.00 bits per heavy atom. The van der Waals surface area contributed by atoms with Gasteiger partial charge in [0.2, 0.25) is 0 Å². The minimum absolute atomic E-state index is 0.234. The number of hydrogen-bond acceptors (Lipinski definition) is 3. The molecule has 0 bridgehead atoms. The molecule has 0 aliphatic heterocycles. The largest absolute Gasteiger partial charge is 0.396 e. The van der Waals surface area contributed by atoms with Gasteiger partial charge in [-0.05, 0) is 22.4 Å². The third-order valence-corrected chi connectivity index (χ3v) is 3.26. The van der Waals surface area contributed by atoms with Crippen LogP contribution in [0.1, 0.15) is 24.3 Å². The zero-order valence-corrected chi connectivity index (χ0v) is 8.65. The lowest BCUT2D eigenvalue weighted by Crippen LogP contribution is -1.95. The Labute approximate surface area is 78.4 Å². The van der Waals surface area contributed by atoms with E-state index in [0.717, 1.165) is 16.0 Å². The molecular formula is C7H10BrNOS. The molecule has 0 aliphatic carbocycles. The van der Waals surface area contributed by atoms with Gasteiger partial charge in [0, 0.05) is 17.9 Å². The number of aliphatic hydroxyl groups excluding tert-OH is 1. The quantitative estimate of drug-likeness (QED) is 0.874. The fourth-order valence-corrected chi connectivity index (χ4v) is 2.17. The van der Waals surface area contributed by atoms with Crippen LogP contribution in [0.5, 0.6) is 0 Å². The molecule has 1 aromatic rings. The minimum Gasteiger partial charge on any atom is -0.396 e. The van der Waals surface area contributed by atoms with Crippen molar-refractivity contribution in [3.8, 4) is 0 Å². The minimum atomic E-state index is 0.234. The molecule has 11 heavy (non-hydrogen) atoms. The summed E-state index contributed by atoms with van der Waals surface area (Å²) in [4.78, 5) is 4.25. The fraction of sp³-hybridized carbons (Fsp3) is 0.571. The van der Waals surface area contributed by atoms with Crippen LogP contribution in [0.15, 0.2) is 9.98 Å². The normalized spacial score (nSPS) is 13.4. The highest BCUT2D eigenvalue weighted by molar-refractivity contribution is 9.10. The van der Waals surface area contributed by atoms with Crippen molar-refractivity contribution in [1.82, 2.24) is 4.98 Å². The van der Waals surface area contributed by atoms with Crippen molar-refractivity contribution in [3.05, 3.63) is 15.0 Å². The molecule has 1 atom stereocenters. The summed E-state index contributed by atoms with van der Waals surface area (Å²) < 4.78 is 0.891. The topological polar surface area (TPSA) is 33.1 Å². The summed E-state index contributed by atoms with van der Waals surface area (Å²) in [5, 5.41) is 11.7. The van der Waals surface area contributed by atoms with Gasteiger partial charge in [0.15, 0.2) is 0 Å². The van der Waals surface area contributed by atoms with Crippen LogP contribution < -0.4 is 0 Å². The molecule has 0 aliphatic rings. The number of thiazole rings is 1. The predicted octanol–water partition coefficient (Wildman–Crippen LogP) is 2.39. The van der Waals surface area contributed by atoms with E-state index in [4.69, 9.17) is 5.11 Å². The Balaban J connectivity index is 2.60. The van der Waals surface area contributed by atoms with E-state index in [0.29, 0.717) is 5.92 Å². The number of rotatable bonds is 3.